The summed E-state index contributed by atoms with van der Waals surface area (Å²) in [5, 5.41) is 0. The summed E-state index contributed by atoms with van der Waals surface area (Å²) in [4.78, 5) is 2.41. The number of nitrogens with two attached hydrogens (primary N) is 1. The summed E-state index contributed by atoms with van der Waals surface area (Å²) >= 11 is 0. The Bertz CT molecular complexity index is 145. The normalized spacial score (nSPS) is 27.9. The molecule has 2 N–H and O–H groups in total. The van der Waals surface area contributed by atoms with E-state index < -0.39 is 0 Å². The molecular weight excluding hydrogens is 160 g/mol. The lowest BCUT2D eigenvalue weighted by Gasteiger charge is -2.34. The summed E-state index contributed by atoms with van der Waals surface area (Å²) < 4.78 is 0. The molecule has 1 heterocycles. The van der Waals surface area contributed by atoms with E-state index in [1.165, 1.54) is 32.4 Å². The van der Waals surface area contributed by atoms with Crippen molar-refractivity contribution in [2.45, 2.75) is 39.2 Å². The molecule has 1 rings (SSSR count). The van der Waals surface area contributed by atoms with Crippen LogP contribution in [0.3, 0.4) is 0 Å². The SMILES string of the molecule is CC(C)CC(N)C1CCCN(C)C1. The zero-order chi connectivity index (χ0) is 9.84. The maximum Gasteiger partial charge on any atom is 0.00818 e. The van der Waals surface area contributed by atoms with Gasteiger partial charge in [0, 0.05) is 12.6 Å². The first-order chi connectivity index (χ1) is 6.09. The Hall–Kier alpha value is -0.0800. The van der Waals surface area contributed by atoms with Crippen LogP contribution in [-0.2, 0) is 0 Å². The van der Waals surface area contributed by atoms with Crippen LogP contribution in [0.4, 0.5) is 0 Å². The molecule has 0 aliphatic carbocycles. The van der Waals surface area contributed by atoms with Gasteiger partial charge in [-0.05, 0) is 44.7 Å². The van der Waals surface area contributed by atoms with Gasteiger partial charge in [0.25, 0.3) is 0 Å². The van der Waals surface area contributed by atoms with E-state index in [0.29, 0.717) is 6.04 Å². The van der Waals surface area contributed by atoms with Crippen molar-refractivity contribution in [3.8, 4) is 0 Å². The van der Waals surface area contributed by atoms with E-state index in [1.807, 2.05) is 0 Å². The zero-order valence-electron chi connectivity index (χ0n) is 9.29. The minimum Gasteiger partial charge on any atom is -0.327 e. The summed E-state index contributed by atoms with van der Waals surface area (Å²) in [6, 6.07) is 0.419. The Morgan fingerprint density at radius 2 is 2.15 bits per heavy atom. The largest absolute Gasteiger partial charge is 0.327 e. The van der Waals surface area contributed by atoms with Crippen LogP contribution in [0, 0.1) is 11.8 Å². The Balaban J connectivity index is 2.32. The highest BCUT2D eigenvalue weighted by Gasteiger charge is 2.23. The molecule has 0 bridgehead atoms. The summed E-state index contributed by atoms with van der Waals surface area (Å²) in [6.07, 6.45) is 3.84. The van der Waals surface area contributed by atoms with Crippen LogP contribution < -0.4 is 5.73 Å². The zero-order valence-corrected chi connectivity index (χ0v) is 9.29. The van der Waals surface area contributed by atoms with Gasteiger partial charge in [-0.25, -0.2) is 0 Å². The highest BCUT2D eigenvalue weighted by molar-refractivity contribution is 4.80. The van der Waals surface area contributed by atoms with Crippen LogP contribution >= 0.6 is 0 Å². The average molecular weight is 184 g/mol. The van der Waals surface area contributed by atoms with E-state index >= 15 is 0 Å². The van der Waals surface area contributed by atoms with Gasteiger partial charge in [0.15, 0.2) is 0 Å². The number of nitrogens with zero attached hydrogens (tertiary/aromatic N) is 1. The monoisotopic (exact) mass is 184 g/mol. The first-order valence-corrected chi connectivity index (χ1v) is 5.53. The van der Waals surface area contributed by atoms with Gasteiger partial charge >= 0.3 is 0 Å². The molecule has 0 spiro atoms. The summed E-state index contributed by atoms with van der Waals surface area (Å²) in [6.45, 7) is 6.97. The minimum absolute atomic E-state index is 0.419. The van der Waals surface area contributed by atoms with Gasteiger partial charge in [0.2, 0.25) is 0 Å². The standard InChI is InChI=1S/C11H24N2/c1-9(2)7-11(12)10-5-4-6-13(3)8-10/h9-11H,4-8,12H2,1-3H3. The van der Waals surface area contributed by atoms with Gasteiger partial charge in [-0.3, -0.25) is 0 Å². The third-order valence-electron chi connectivity index (χ3n) is 3.01. The topological polar surface area (TPSA) is 29.3 Å². The van der Waals surface area contributed by atoms with Crippen LogP contribution in [0.5, 0.6) is 0 Å². The molecule has 0 aromatic rings. The first-order valence-electron chi connectivity index (χ1n) is 5.53. The molecule has 1 saturated heterocycles. The molecule has 2 heteroatoms. The van der Waals surface area contributed by atoms with Gasteiger partial charge in [-0.1, -0.05) is 13.8 Å². The molecule has 2 atom stereocenters. The molecular formula is C11H24N2. The molecule has 0 radical (unpaired) electrons. The van der Waals surface area contributed by atoms with Crippen molar-refractivity contribution >= 4 is 0 Å². The molecule has 0 aromatic heterocycles. The van der Waals surface area contributed by atoms with Gasteiger partial charge in [0.05, 0.1) is 0 Å². The lowest BCUT2D eigenvalue weighted by Crippen LogP contribution is -2.42. The van der Waals surface area contributed by atoms with E-state index in [9.17, 15) is 0 Å². The molecule has 0 saturated carbocycles. The fraction of sp³-hybridized carbons (Fsp3) is 1.00. The molecule has 1 fully saturated rings. The highest BCUT2D eigenvalue weighted by Crippen LogP contribution is 2.21. The Morgan fingerprint density at radius 3 is 2.69 bits per heavy atom. The van der Waals surface area contributed by atoms with Gasteiger partial charge < -0.3 is 10.6 Å². The van der Waals surface area contributed by atoms with Gasteiger partial charge in [0.1, 0.15) is 0 Å². The second kappa shape index (κ2) is 4.97. The third kappa shape index (κ3) is 3.65. The van der Waals surface area contributed by atoms with Crippen LogP contribution in [0.25, 0.3) is 0 Å². The first kappa shape index (κ1) is 11.0. The van der Waals surface area contributed by atoms with E-state index in [1.54, 1.807) is 0 Å². The van der Waals surface area contributed by atoms with Crippen molar-refractivity contribution in [2.24, 2.45) is 17.6 Å². The predicted octanol–water partition coefficient (Wildman–Crippen LogP) is 1.70. The predicted molar refractivity (Wildman–Crippen MR) is 57.7 cm³/mol. The molecule has 1 aliphatic heterocycles. The van der Waals surface area contributed by atoms with Crippen molar-refractivity contribution in [3.63, 3.8) is 0 Å². The van der Waals surface area contributed by atoms with Crippen molar-refractivity contribution in [3.05, 3.63) is 0 Å². The molecule has 0 aromatic carbocycles. The average Bonchev–Trinajstić information content (AvgIpc) is 2.03. The fourth-order valence-corrected chi connectivity index (χ4v) is 2.29. The number of rotatable bonds is 3. The molecule has 78 valence electrons. The second-order valence-corrected chi connectivity index (χ2v) is 4.96. The summed E-state index contributed by atoms with van der Waals surface area (Å²) in [5.41, 5.74) is 6.18. The van der Waals surface area contributed by atoms with Gasteiger partial charge in [-0.15, -0.1) is 0 Å². The van der Waals surface area contributed by atoms with Crippen molar-refractivity contribution < 1.29 is 0 Å². The smallest absolute Gasteiger partial charge is 0.00818 e. The molecule has 2 unspecified atom stereocenters. The Labute approximate surface area is 82.5 Å². The van der Waals surface area contributed by atoms with Crippen molar-refractivity contribution in [1.82, 2.24) is 4.90 Å². The lowest BCUT2D eigenvalue weighted by atomic mass is 9.87. The van der Waals surface area contributed by atoms with E-state index in [4.69, 9.17) is 5.73 Å². The Morgan fingerprint density at radius 1 is 1.46 bits per heavy atom. The maximum absolute atomic E-state index is 6.18. The minimum atomic E-state index is 0.419. The molecule has 0 amide bonds. The summed E-state index contributed by atoms with van der Waals surface area (Å²) in [5.74, 6) is 1.48. The third-order valence-corrected chi connectivity index (χ3v) is 3.01. The maximum atomic E-state index is 6.18. The number of likely N-dealkylation sites (tertiary alicyclic amines) is 1. The second-order valence-electron chi connectivity index (χ2n) is 4.96. The molecule has 2 nitrogen and oxygen atoms in total. The van der Waals surface area contributed by atoms with Crippen LogP contribution in [0.2, 0.25) is 0 Å². The fourth-order valence-electron chi connectivity index (χ4n) is 2.29. The molecule has 13 heavy (non-hydrogen) atoms. The quantitative estimate of drug-likeness (QED) is 0.723. The molecule has 1 aliphatic rings. The van der Waals surface area contributed by atoms with Crippen molar-refractivity contribution in [1.29, 1.82) is 0 Å². The van der Waals surface area contributed by atoms with Crippen LogP contribution in [-0.4, -0.2) is 31.1 Å². The number of piperidine rings is 1. The van der Waals surface area contributed by atoms with E-state index in [2.05, 4.69) is 25.8 Å². The number of hydrogen-bond acceptors (Lipinski definition) is 2. The van der Waals surface area contributed by atoms with Crippen LogP contribution in [0.15, 0.2) is 0 Å². The van der Waals surface area contributed by atoms with E-state index in [0.717, 1.165) is 11.8 Å². The van der Waals surface area contributed by atoms with Crippen molar-refractivity contribution in [2.75, 3.05) is 20.1 Å². The lowest BCUT2D eigenvalue weighted by molar-refractivity contribution is 0.178. The van der Waals surface area contributed by atoms with Gasteiger partial charge in [-0.2, -0.15) is 0 Å². The Kier molecular flexibility index (Phi) is 4.20. The van der Waals surface area contributed by atoms with Crippen LogP contribution in [0.1, 0.15) is 33.1 Å². The number of hydrogen-bond donors (Lipinski definition) is 1. The van der Waals surface area contributed by atoms with E-state index in [-0.39, 0.29) is 0 Å². The highest BCUT2D eigenvalue weighted by atomic mass is 15.1. The summed E-state index contributed by atoms with van der Waals surface area (Å²) in [7, 11) is 2.20.